The minimum absolute atomic E-state index is 1.03. The molecule has 2 heteroatoms. The van der Waals surface area contributed by atoms with Gasteiger partial charge in [-0.1, -0.05) is 11.6 Å². The van der Waals surface area contributed by atoms with E-state index in [0.29, 0.717) is 0 Å². The molecule has 2 rings (SSSR count). The van der Waals surface area contributed by atoms with Crippen molar-refractivity contribution in [2.75, 3.05) is 13.1 Å². The molecule has 2 heterocycles. The van der Waals surface area contributed by atoms with E-state index in [1.807, 2.05) is 12.4 Å². The van der Waals surface area contributed by atoms with Gasteiger partial charge < -0.3 is 5.32 Å². The Morgan fingerprint density at radius 1 is 1.31 bits per heavy atom. The van der Waals surface area contributed by atoms with Crippen molar-refractivity contribution in [2.45, 2.75) is 12.8 Å². The molecule has 0 aromatic carbocycles. The monoisotopic (exact) mass is 174 g/mol. The Bertz CT molecular complexity index is 290. The second kappa shape index (κ2) is 4.19. The maximum Gasteiger partial charge on any atom is 0.0270 e. The van der Waals surface area contributed by atoms with Crippen molar-refractivity contribution >= 4 is 0 Å². The first-order valence-corrected chi connectivity index (χ1v) is 4.73. The smallest absolute Gasteiger partial charge is 0.0270 e. The Labute approximate surface area is 78.7 Å². The van der Waals surface area contributed by atoms with E-state index in [1.54, 1.807) is 5.57 Å². The normalized spacial score (nSPS) is 16.8. The Morgan fingerprint density at radius 2 is 2.15 bits per heavy atom. The lowest BCUT2D eigenvalue weighted by atomic mass is 10.0. The molecule has 1 aliphatic heterocycles. The highest BCUT2D eigenvalue weighted by atomic mass is 14.8. The molecule has 1 N–H and O–H groups in total. The van der Waals surface area contributed by atoms with Crippen LogP contribution in [-0.4, -0.2) is 18.1 Å². The van der Waals surface area contributed by atoms with Crippen LogP contribution in [0.3, 0.4) is 0 Å². The second-order valence-corrected chi connectivity index (χ2v) is 3.35. The summed E-state index contributed by atoms with van der Waals surface area (Å²) in [4.78, 5) is 4.01. The van der Waals surface area contributed by atoms with Gasteiger partial charge in [0.15, 0.2) is 0 Å². The van der Waals surface area contributed by atoms with Crippen molar-refractivity contribution in [3.63, 3.8) is 0 Å². The fourth-order valence-electron chi connectivity index (χ4n) is 1.59. The van der Waals surface area contributed by atoms with Gasteiger partial charge in [0.1, 0.15) is 0 Å². The number of rotatable bonds is 2. The molecule has 2 nitrogen and oxygen atoms in total. The maximum absolute atomic E-state index is 4.01. The van der Waals surface area contributed by atoms with Gasteiger partial charge in [-0.15, -0.1) is 0 Å². The predicted octanol–water partition coefficient (Wildman–Crippen LogP) is 1.54. The van der Waals surface area contributed by atoms with Crippen LogP contribution in [0.25, 0.3) is 0 Å². The molecule has 0 fully saturated rings. The topological polar surface area (TPSA) is 24.9 Å². The SMILES string of the molecule is C1=C(Cc2ccncc2)CCNC1. The highest BCUT2D eigenvalue weighted by molar-refractivity contribution is 5.20. The van der Waals surface area contributed by atoms with Crippen molar-refractivity contribution in [2.24, 2.45) is 0 Å². The first kappa shape index (κ1) is 8.45. The molecule has 0 saturated heterocycles. The van der Waals surface area contributed by atoms with Crippen molar-refractivity contribution in [1.82, 2.24) is 10.3 Å². The van der Waals surface area contributed by atoms with Gasteiger partial charge in [0.25, 0.3) is 0 Å². The van der Waals surface area contributed by atoms with Crippen LogP contribution in [0.2, 0.25) is 0 Å². The maximum atomic E-state index is 4.01. The highest BCUT2D eigenvalue weighted by Crippen LogP contribution is 2.11. The molecule has 1 aliphatic rings. The summed E-state index contributed by atoms with van der Waals surface area (Å²) in [5.41, 5.74) is 2.91. The number of nitrogens with one attached hydrogen (secondary N) is 1. The molecule has 0 aliphatic carbocycles. The Hall–Kier alpha value is -1.15. The van der Waals surface area contributed by atoms with Crippen molar-refractivity contribution in [1.29, 1.82) is 0 Å². The quantitative estimate of drug-likeness (QED) is 0.688. The molecule has 0 unspecified atom stereocenters. The van der Waals surface area contributed by atoms with Gasteiger partial charge in [-0.2, -0.15) is 0 Å². The molecule has 0 spiro atoms. The molecular formula is C11H14N2. The summed E-state index contributed by atoms with van der Waals surface area (Å²) in [6.07, 6.45) is 8.28. The number of hydrogen-bond acceptors (Lipinski definition) is 2. The van der Waals surface area contributed by atoms with Crippen LogP contribution in [0.4, 0.5) is 0 Å². The van der Waals surface area contributed by atoms with Crippen molar-refractivity contribution in [3.05, 3.63) is 41.7 Å². The lowest BCUT2D eigenvalue weighted by Crippen LogP contribution is -2.21. The molecule has 0 saturated carbocycles. The summed E-state index contributed by atoms with van der Waals surface area (Å²) in [6.45, 7) is 2.15. The third kappa shape index (κ3) is 2.39. The Kier molecular flexibility index (Phi) is 2.72. The Balaban J connectivity index is 2.01. The molecule has 1 aromatic rings. The van der Waals surface area contributed by atoms with Crippen LogP contribution in [0, 0.1) is 0 Å². The number of pyridine rings is 1. The van der Waals surface area contributed by atoms with E-state index in [9.17, 15) is 0 Å². The molecule has 0 amide bonds. The average molecular weight is 174 g/mol. The minimum Gasteiger partial charge on any atom is -0.313 e. The van der Waals surface area contributed by atoms with E-state index in [0.717, 1.165) is 19.5 Å². The van der Waals surface area contributed by atoms with E-state index in [-0.39, 0.29) is 0 Å². The van der Waals surface area contributed by atoms with Gasteiger partial charge in [-0.25, -0.2) is 0 Å². The van der Waals surface area contributed by atoms with Crippen LogP contribution in [0.1, 0.15) is 12.0 Å². The third-order valence-electron chi connectivity index (χ3n) is 2.34. The van der Waals surface area contributed by atoms with E-state index in [4.69, 9.17) is 0 Å². The van der Waals surface area contributed by atoms with Gasteiger partial charge in [-0.3, -0.25) is 4.98 Å². The molecule has 0 atom stereocenters. The van der Waals surface area contributed by atoms with Gasteiger partial charge >= 0.3 is 0 Å². The zero-order valence-corrected chi connectivity index (χ0v) is 7.66. The zero-order valence-electron chi connectivity index (χ0n) is 7.66. The fourth-order valence-corrected chi connectivity index (χ4v) is 1.59. The largest absolute Gasteiger partial charge is 0.313 e. The lowest BCUT2D eigenvalue weighted by Gasteiger charge is -2.13. The molecule has 0 bridgehead atoms. The van der Waals surface area contributed by atoms with Crippen molar-refractivity contribution in [3.8, 4) is 0 Å². The molecule has 68 valence electrons. The number of hydrogen-bond donors (Lipinski definition) is 1. The Morgan fingerprint density at radius 3 is 2.85 bits per heavy atom. The first-order chi connectivity index (χ1) is 6.45. The van der Waals surface area contributed by atoms with E-state index >= 15 is 0 Å². The number of aromatic nitrogens is 1. The third-order valence-corrected chi connectivity index (χ3v) is 2.34. The van der Waals surface area contributed by atoms with Crippen molar-refractivity contribution < 1.29 is 0 Å². The highest BCUT2D eigenvalue weighted by Gasteiger charge is 2.02. The van der Waals surface area contributed by atoms with Gasteiger partial charge in [0, 0.05) is 18.9 Å². The predicted molar refractivity (Wildman–Crippen MR) is 53.5 cm³/mol. The molecule has 13 heavy (non-hydrogen) atoms. The van der Waals surface area contributed by atoms with Crippen LogP contribution in [0.5, 0.6) is 0 Å². The van der Waals surface area contributed by atoms with E-state index in [2.05, 4.69) is 28.5 Å². The summed E-state index contributed by atoms with van der Waals surface area (Å²) in [7, 11) is 0. The van der Waals surface area contributed by atoms with Crippen LogP contribution in [0.15, 0.2) is 36.2 Å². The average Bonchev–Trinajstić information content (AvgIpc) is 2.21. The van der Waals surface area contributed by atoms with Crippen LogP contribution >= 0.6 is 0 Å². The van der Waals surface area contributed by atoms with E-state index < -0.39 is 0 Å². The lowest BCUT2D eigenvalue weighted by molar-refractivity contribution is 0.692. The van der Waals surface area contributed by atoms with E-state index in [1.165, 1.54) is 12.0 Å². The summed E-state index contributed by atoms with van der Waals surface area (Å²) < 4.78 is 0. The van der Waals surface area contributed by atoms with Crippen LogP contribution < -0.4 is 5.32 Å². The molecule has 0 radical (unpaired) electrons. The molecule has 1 aromatic heterocycles. The summed E-state index contributed by atoms with van der Waals surface area (Å²) in [5.74, 6) is 0. The first-order valence-electron chi connectivity index (χ1n) is 4.73. The fraction of sp³-hybridized carbons (Fsp3) is 0.364. The van der Waals surface area contributed by atoms with Crippen LogP contribution in [-0.2, 0) is 6.42 Å². The summed E-state index contributed by atoms with van der Waals surface area (Å²) in [5, 5.41) is 3.31. The zero-order chi connectivity index (χ0) is 8.93. The standard InChI is InChI=1S/C11H14N2/c1-5-12-6-2-10(1)9-11-3-7-13-8-4-11/h1-3,5-6,13H,4,7-9H2. The van der Waals surface area contributed by atoms with Gasteiger partial charge in [0.2, 0.25) is 0 Å². The summed E-state index contributed by atoms with van der Waals surface area (Å²) in [6, 6.07) is 4.17. The second-order valence-electron chi connectivity index (χ2n) is 3.35. The minimum atomic E-state index is 1.03. The van der Waals surface area contributed by atoms with Gasteiger partial charge in [-0.05, 0) is 37.1 Å². The van der Waals surface area contributed by atoms with Gasteiger partial charge in [0.05, 0.1) is 0 Å². The number of nitrogens with zero attached hydrogens (tertiary/aromatic N) is 1. The molecular weight excluding hydrogens is 160 g/mol. The summed E-state index contributed by atoms with van der Waals surface area (Å²) >= 11 is 0.